The molecule has 1 aliphatic carbocycles. The molecule has 0 N–H and O–H groups in total. The highest BCUT2D eigenvalue weighted by atomic mass is 35.5. The molecule has 5 heteroatoms. The van der Waals surface area contributed by atoms with Crippen LogP contribution < -0.4 is 4.90 Å². The van der Waals surface area contributed by atoms with Crippen LogP contribution in [0.2, 0.25) is 5.15 Å². The van der Waals surface area contributed by atoms with Crippen LogP contribution in [0.4, 0.5) is 5.69 Å². The molecule has 1 aliphatic heterocycles. The summed E-state index contributed by atoms with van der Waals surface area (Å²) in [6.07, 6.45) is 6.47. The maximum absolute atomic E-state index is 11.5. The van der Waals surface area contributed by atoms with Crippen molar-refractivity contribution < 1.29 is 9.53 Å². The molecule has 4 rings (SSSR count). The van der Waals surface area contributed by atoms with Gasteiger partial charge in [-0.1, -0.05) is 35.9 Å². The highest BCUT2D eigenvalue weighted by molar-refractivity contribution is 6.29. The van der Waals surface area contributed by atoms with Crippen molar-refractivity contribution in [2.45, 2.75) is 25.3 Å². The van der Waals surface area contributed by atoms with E-state index in [4.69, 9.17) is 16.3 Å². The Labute approximate surface area is 145 Å². The Kier molecular flexibility index (Phi) is 3.98. The van der Waals surface area contributed by atoms with E-state index in [9.17, 15) is 4.79 Å². The molecule has 2 heterocycles. The van der Waals surface area contributed by atoms with Crippen molar-refractivity contribution in [3.63, 3.8) is 0 Å². The van der Waals surface area contributed by atoms with Crippen LogP contribution in [0.25, 0.3) is 0 Å². The average Bonchev–Trinajstić information content (AvgIpc) is 3.33. The Morgan fingerprint density at radius 3 is 2.71 bits per heavy atom. The summed E-state index contributed by atoms with van der Waals surface area (Å²) in [5, 5.41) is 0.499. The van der Waals surface area contributed by atoms with E-state index in [1.54, 1.807) is 6.08 Å². The SMILES string of the molecule is O=C1C=C(N(c2ccccc2Cc2ccc(Cl)nc2)C2CC2)CO1. The van der Waals surface area contributed by atoms with Crippen LogP contribution in [0.1, 0.15) is 24.0 Å². The molecule has 0 amide bonds. The summed E-state index contributed by atoms with van der Waals surface area (Å²) >= 11 is 5.87. The second-order valence-corrected chi connectivity index (χ2v) is 6.53. The highest BCUT2D eigenvalue weighted by Gasteiger charge is 2.34. The Morgan fingerprint density at radius 2 is 2.04 bits per heavy atom. The highest BCUT2D eigenvalue weighted by Crippen LogP contribution is 2.38. The molecular weight excluding hydrogens is 324 g/mol. The molecule has 0 atom stereocenters. The van der Waals surface area contributed by atoms with Gasteiger partial charge in [0.2, 0.25) is 0 Å². The Balaban J connectivity index is 1.68. The third kappa shape index (κ3) is 3.15. The number of nitrogens with zero attached hydrogens (tertiary/aromatic N) is 2. The van der Waals surface area contributed by atoms with Crippen molar-refractivity contribution >= 4 is 23.3 Å². The molecule has 1 fully saturated rings. The van der Waals surface area contributed by atoms with Gasteiger partial charge in [-0.15, -0.1) is 0 Å². The predicted octanol–water partition coefficient (Wildman–Crippen LogP) is 3.74. The Hall–Kier alpha value is -2.33. The van der Waals surface area contributed by atoms with E-state index >= 15 is 0 Å². The standard InChI is InChI=1S/C19H17ClN2O2/c20-18-8-5-13(11-21-18)9-14-3-1-2-4-17(14)22(15-6-7-15)16-10-19(23)24-12-16/h1-5,8,10-11,15H,6-7,9,12H2. The number of hydrogen-bond acceptors (Lipinski definition) is 4. The Bertz CT molecular complexity index is 797. The molecule has 1 aromatic heterocycles. The topological polar surface area (TPSA) is 42.4 Å². The minimum Gasteiger partial charge on any atom is -0.456 e. The molecule has 122 valence electrons. The first-order chi connectivity index (χ1) is 11.7. The number of ether oxygens (including phenoxy) is 1. The molecule has 0 bridgehead atoms. The van der Waals surface area contributed by atoms with Gasteiger partial charge in [0.15, 0.2) is 0 Å². The maximum Gasteiger partial charge on any atom is 0.333 e. The number of carbonyl (C=O) groups is 1. The van der Waals surface area contributed by atoms with Crippen LogP contribution in [0.15, 0.2) is 54.4 Å². The number of rotatable bonds is 5. The zero-order valence-electron chi connectivity index (χ0n) is 13.1. The van der Waals surface area contributed by atoms with Crippen LogP contribution >= 0.6 is 11.6 Å². The summed E-state index contributed by atoms with van der Waals surface area (Å²) in [6.45, 7) is 0.353. The van der Waals surface area contributed by atoms with E-state index in [0.717, 1.165) is 36.2 Å². The lowest BCUT2D eigenvalue weighted by atomic mass is 10.0. The molecule has 0 radical (unpaired) electrons. The smallest absolute Gasteiger partial charge is 0.333 e. The summed E-state index contributed by atoms with van der Waals surface area (Å²) in [5.74, 6) is -0.255. The molecule has 1 saturated carbocycles. The number of benzene rings is 1. The van der Waals surface area contributed by atoms with Crippen LogP contribution in [0.5, 0.6) is 0 Å². The first-order valence-electron chi connectivity index (χ1n) is 8.05. The molecule has 1 aromatic carbocycles. The largest absolute Gasteiger partial charge is 0.456 e. The second kappa shape index (κ2) is 6.29. The summed E-state index contributed by atoms with van der Waals surface area (Å²) in [5.41, 5.74) is 4.40. The number of anilines is 1. The quantitative estimate of drug-likeness (QED) is 0.614. The fraction of sp³-hybridized carbons (Fsp3) is 0.263. The number of para-hydroxylation sites is 1. The summed E-state index contributed by atoms with van der Waals surface area (Å²) in [7, 11) is 0. The van der Waals surface area contributed by atoms with E-state index in [-0.39, 0.29) is 5.97 Å². The van der Waals surface area contributed by atoms with Crippen LogP contribution in [0.3, 0.4) is 0 Å². The van der Waals surface area contributed by atoms with E-state index in [1.165, 1.54) is 5.56 Å². The zero-order chi connectivity index (χ0) is 16.5. The van der Waals surface area contributed by atoms with Gasteiger partial charge >= 0.3 is 5.97 Å². The van der Waals surface area contributed by atoms with Crippen molar-refractivity contribution in [1.29, 1.82) is 0 Å². The van der Waals surface area contributed by atoms with Crippen molar-refractivity contribution in [2.75, 3.05) is 11.5 Å². The van der Waals surface area contributed by atoms with Gasteiger partial charge in [0.25, 0.3) is 0 Å². The normalized spacial score (nSPS) is 16.7. The third-order valence-corrected chi connectivity index (χ3v) is 4.53. The second-order valence-electron chi connectivity index (χ2n) is 6.14. The van der Waals surface area contributed by atoms with Gasteiger partial charge in [0.05, 0.1) is 5.70 Å². The van der Waals surface area contributed by atoms with Gasteiger partial charge in [0, 0.05) is 30.4 Å². The predicted molar refractivity (Wildman–Crippen MR) is 93.0 cm³/mol. The minimum absolute atomic E-state index is 0.255. The van der Waals surface area contributed by atoms with Crippen LogP contribution in [0, 0.1) is 0 Å². The molecule has 24 heavy (non-hydrogen) atoms. The molecule has 2 aromatic rings. The van der Waals surface area contributed by atoms with Crippen LogP contribution in [-0.2, 0) is 16.0 Å². The van der Waals surface area contributed by atoms with E-state index < -0.39 is 0 Å². The fourth-order valence-electron chi connectivity index (χ4n) is 3.05. The number of hydrogen-bond donors (Lipinski definition) is 0. The van der Waals surface area contributed by atoms with Crippen molar-refractivity contribution in [3.8, 4) is 0 Å². The van der Waals surface area contributed by atoms with Gasteiger partial charge in [-0.25, -0.2) is 9.78 Å². The van der Waals surface area contributed by atoms with Crippen molar-refractivity contribution in [2.24, 2.45) is 0 Å². The fourth-order valence-corrected chi connectivity index (χ4v) is 3.16. The average molecular weight is 341 g/mol. The molecule has 2 aliphatic rings. The van der Waals surface area contributed by atoms with E-state index in [1.807, 2.05) is 30.5 Å². The lowest BCUT2D eigenvalue weighted by Crippen LogP contribution is -2.27. The number of halogens is 1. The molecular formula is C19H17ClN2O2. The number of aromatic nitrogens is 1. The van der Waals surface area contributed by atoms with Crippen molar-refractivity contribution in [1.82, 2.24) is 4.98 Å². The number of pyridine rings is 1. The lowest BCUT2D eigenvalue weighted by Gasteiger charge is -2.27. The number of cyclic esters (lactones) is 1. The first kappa shape index (κ1) is 15.2. The van der Waals surface area contributed by atoms with E-state index in [2.05, 4.69) is 22.0 Å². The minimum atomic E-state index is -0.255. The van der Waals surface area contributed by atoms with Crippen LogP contribution in [-0.4, -0.2) is 23.6 Å². The maximum atomic E-state index is 11.5. The number of carbonyl (C=O) groups excluding carboxylic acids is 1. The van der Waals surface area contributed by atoms with Gasteiger partial charge in [-0.3, -0.25) is 0 Å². The summed E-state index contributed by atoms with van der Waals surface area (Å²) in [4.78, 5) is 17.9. The molecule has 0 saturated heterocycles. The van der Waals surface area contributed by atoms with Gasteiger partial charge in [-0.05, 0) is 36.1 Å². The number of esters is 1. The monoisotopic (exact) mass is 340 g/mol. The molecule has 0 unspecified atom stereocenters. The summed E-state index contributed by atoms with van der Waals surface area (Å²) in [6, 6.07) is 12.6. The first-order valence-corrected chi connectivity index (χ1v) is 8.43. The van der Waals surface area contributed by atoms with Crippen molar-refractivity contribution in [3.05, 3.63) is 70.6 Å². The van der Waals surface area contributed by atoms with E-state index in [0.29, 0.717) is 17.8 Å². The summed E-state index contributed by atoms with van der Waals surface area (Å²) < 4.78 is 5.12. The molecule has 0 spiro atoms. The van der Waals surface area contributed by atoms with Gasteiger partial charge in [-0.2, -0.15) is 0 Å². The lowest BCUT2D eigenvalue weighted by molar-refractivity contribution is -0.134. The Morgan fingerprint density at radius 1 is 1.21 bits per heavy atom. The van der Waals surface area contributed by atoms with Gasteiger partial charge in [0.1, 0.15) is 11.8 Å². The third-order valence-electron chi connectivity index (χ3n) is 4.30. The van der Waals surface area contributed by atoms with Gasteiger partial charge < -0.3 is 9.64 Å². The molecule has 4 nitrogen and oxygen atoms in total. The zero-order valence-corrected chi connectivity index (χ0v) is 13.9.